The highest BCUT2D eigenvalue weighted by Crippen LogP contribution is 2.31. The average Bonchev–Trinajstić information content (AvgIpc) is 3.21. The summed E-state index contributed by atoms with van der Waals surface area (Å²) in [7, 11) is 0. The summed E-state index contributed by atoms with van der Waals surface area (Å²) in [6, 6.07) is 9.21. The Hall–Kier alpha value is -4.34. The minimum Gasteiger partial charge on any atom is -0.494 e. The lowest BCUT2D eigenvalue weighted by atomic mass is 10.1. The Bertz CT molecular complexity index is 1320. The Balaban J connectivity index is 1.56. The van der Waals surface area contributed by atoms with Crippen LogP contribution in [0.5, 0.6) is 11.5 Å². The number of amides is 1. The van der Waals surface area contributed by atoms with E-state index in [9.17, 15) is 13.6 Å². The zero-order chi connectivity index (χ0) is 26.4. The van der Waals surface area contributed by atoms with E-state index in [0.717, 1.165) is 11.6 Å². The van der Waals surface area contributed by atoms with Gasteiger partial charge in [-0.3, -0.25) is 9.78 Å². The highest BCUT2D eigenvalue weighted by molar-refractivity contribution is 5.97. The number of aromatic nitrogens is 3. The molecule has 10 heteroatoms. The van der Waals surface area contributed by atoms with Gasteiger partial charge in [-0.25, -0.2) is 9.67 Å². The van der Waals surface area contributed by atoms with Crippen LogP contribution < -0.4 is 14.8 Å². The summed E-state index contributed by atoms with van der Waals surface area (Å²) in [6.45, 7) is 5.40. The topological polar surface area (TPSA) is 90.6 Å². The van der Waals surface area contributed by atoms with E-state index in [2.05, 4.69) is 20.4 Å². The maximum Gasteiger partial charge on any atom is 0.287 e. The standard InChI is InChI=1S/C27H27F2N5O3/c1-4-36-21-13-19(14-22(15-21)37-5-2)26(35)32-20-8-9-25(31-12-10-20)34-24(27(3,28)29)16-23(33-34)18-7-6-11-30-17-18/h6-17,20H,4-5H2,1-3H3,(H,32,35). The van der Waals surface area contributed by atoms with Crippen molar-refractivity contribution in [2.24, 2.45) is 4.99 Å². The number of hydrogen-bond acceptors (Lipinski definition) is 6. The van der Waals surface area contributed by atoms with Crippen LogP contribution in [0.15, 0.2) is 78.2 Å². The quantitative estimate of drug-likeness (QED) is 0.464. The van der Waals surface area contributed by atoms with Crippen molar-refractivity contribution in [2.75, 3.05) is 13.2 Å². The van der Waals surface area contributed by atoms with E-state index in [-0.39, 0.29) is 17.4 Å². The molecule has 0 bridgehead atoms. The van der Waals surface area contributed by atoms with Gasteiger partial charge in [0.25, 0.3) is 11.8 Å². The third-order valence-corrected chi connectivity index (χ3v) is 5.35. The number of carbonyl (C=O) groups is 1. The summed E-state index contributed by atoms with van der Waals surface area (Å²) in [4.78, 5) is 21.3. The lowest BCUT2D eigenvalue weighted by Gasteiger charge is -2.14. The highest BCUT2D eigenvalue weighted by atomic mass is 19.3. The molecular weight excluding hydrogens is 480 g/mol. The predicted octanol–water partition coefficient (Wildman–Crippen LogP) is 4.98. The first-order valence-electron chi connectivity index (χ1n) is 11.8. The molecule has 0 aliphatic carbocycles. The van der Waals surface area contributed by atoms with E-state index in [0.29, 0.717) is 41.5 Å². The van der Waals surface area contributed by atoms with Crippen molar-refractivity contribution in [3.63, 3.8) is 0 Å². The molecule has 1 unspecified atom stereocenters. The second-order valence-corrected chi connectivity index (χ2v) is 8.20. The summed E-state index contributed by atoms with van der Waals surface area (Å²) in [5, 5.41) is 7.24. The number of aliphatic imine (C=N–C) groups is 1. The zero-order valence-electron chi connectivity index (χ0n) is 20.7. The van der Waals surface area contributed by atoms with Crippen molar-refractivity contribution in [3.05, 3.63) is 84.5 Å². The fraction of sp³-hybridized carbons (Fsp3) is 0.259. The molecule has 192 valence electrons. The van der Waals surface area contributed by atoms with Crippen LogP contribution in [0.1, 0.15) is 36.8 Å². The van der Waals surface area contributed by atoms with E-state index in [4.69, 9.17) is 9.47 Å². The molecule has 1 amide bonds. The Morgan fingerprint density at radius 1 is 1.11 bits per heavy atom. The lowest BCUT2D eigenvalue weighted by molar-refractivity contribution is 0.0109. The van der Waals surface area contributed by atoms with Crippen LogP contribution in [0.3, 0.4) is 0 Å². The largest absolute Gasteiger partial charge is 0.494 e. The number of alkyl halides is 2. The van der Waals surface area contributed by atoms with Gasteiger partial charge in [0, 0.05) is 42.7 Å². The summed E-state index contributed by atoms with van der Waals surface area (Å²) in [5.74, 6) is -2.31. The van der Waals surface area contributed by atoms with E-state index < -0.39 is 12.0 Å². The number of carbonyl (C=O) groups excluding carboxylic acids is 1. The molecular formula is C27H27F2N5O3. The first kappa shape index (κ1) is 25.7. The van der Waals surface area contributed by atoms with Gasteiger partial charge in [-0.15, -0.1) is 0 Å². The van der Waals surface area contributed by atoms with Crippen LogP contribution in [-0.4, -0.2) is 45.8 Å². The van der Waals surface area contributed by atoms with Crippen LogP contribution in [0.2, 0.25) is 0 Å². The predicted molar refractivity (Wildman–Crippen MR) is 136 cm³/mol. The third-order valence-electron chi connectivity index (χ3n) is 5.35. The number of benzene rings is 1. The van der Waals surface area contributed by atoms with E-state index in [1.54, 1.807) is 61.0 Å². The summed E-state index contributed by atoms with van der Waals surface area (Å²) in [5.41, 5.74) is 0.994. The SMILES string of the molecule is CCOc1cc(OCC)cc(C(=O)NC2C=CN=C(n3nc(-c4cccnc4)cc3C(C)(F)F)C=C2)c1. The first-order valence-corrected chi connectivity index (χ1v) is 11.8. The number of halogens is 2. The monoisotopic (exact) mass is 507 g/mol. The summed E-state index contributed by atoms with van der Waals surface area (Å²) in [6.07, 6.45) is 9.44. The molecule has 8 nitrogen and oxygen atoms in total. The van der Waals surface area contributed by atoms with Crippen molar-refractivity contribution in [1.82, 2.24) is 20.1 Å². The number of ether oxygens (including phenoxy) is 2. The minimum absolute atomic E-state index is 0.177. The molecule has 4 rings (SSSR count). The average molecular weight is 508 g/mol. The van der Waals surface area contributed by atoms with Crippen LogP contribution in [0.4, 0.5) is 8.78 Å². The van der Waals surface area contributed by atoms with Gasteiger partial charge in [-0.1, -0.05) is 6.08 Å². The number of pyridine rings is 1. The van der Waals surface area contributed by atoms with Crippen molar-refractivity contribution in [3.8, 4) is 22.8 Å². The minimum atomic E-state index is -3.17. The van der Waals surface area contributed by atoms with Crippen LogP contribution in [0.25, 0.3) is 11.3 Å². The second-order valence-electron chi connectivity index (χ2n) is 8.20. The van der Waals surface area contributed by atoms with E-state index >= 15 is 0 Å². The van der Waals surface area contributed by atoms with Gasteiger partial charge in [0.1, 0.15) is 17.2 Å². The molecule has 1 aliphatic heterocycles. The van der Waals surface area contributed by atoms with Gasteiger partial charge in [0.2, 0.25) is 0 Å². The van der Waals surface area contributed by atoms with E-state index in [1.807, 2.05) is 13.8 Å². The zero-order valence-corrected chi connectivity index (χ0v) is 20.7. The van der Waals surface area contributed by atoms with Gasteiger partial charge in [-0.2, -0.15) is 13.9 Å². The Labute approximate surface area is 213 Å². The van der Waals surface area contributed by atoms with Crippen molar-refractivity contribution < 1.29 is 23.0 Å². The Kier molecular flexibility index (Phi) is 7.76. The van der Waals surface area contributed by atoms with Crippen molar-refractivity contribution >= 4 is 11.7 Å². The Morgan fingerprint density at radius 2 is 1.84 bits per heavy atom. The summed E-state index contributed by atoms with van der Waals surface area (Å²) < 4.78 is 41.1. The molecule has 1 aliphatic rings. The number of nitrogens with zero attached hydrogens (tertiary/aromatic N) is 4. The van der Waals surface area contributed by atoms with Crippen molar-refractivity contribution in [1.29, 1.82) is 0 Å². The summed E-state index contributed by atoms with van der Waals surface area (Å²) >= 11 is 0. The van der Waals surface area contributed by atoms with Crippen LogP contribution in [0, 0.1) is 0 Å². The molecule has 0 radical (unpaired) electrons. The molecule has 0 fully saturated rings. The number of nitrogens with one attached hydrogen (secondary N) is 1. The van der Waals surface area contributed by atoms with Gasteiger partial charge in [0.05, 0.1) is 24.9 Å². The fourth-order valence-electron chi connectivity index (χ4n) is 3.69. The van der Waals surface area contributed by atoms with Gasteiger partial charge < -0.3 is 14.8 Å². The van der Waals surface area contributed by atoms with Crippen LogP contribution in [-0.2, 0) is 5.92 Å². The fourth-order valence-corrected chi connectivity index (χ4v) is 3.69. The normalized spacial score (nSPS) is 15.2. The molecule has 0 saturated carbocycles. The van der Waals surface area contributed by atoms with Gasteiger partial charge in [0.15, 0.2) is 5.84 Å². The number of rotatable bonds is 8. The van der Waals surface area contributed by atoms with Gasteiger partial charge in [-0.05, 0) is 56.3 Å². The number of allylic oxidation sites excluding steroid dienone is 1. The molecule has 1 atom stereocenters. The molecule has 1 aromatic carbocycles. The smallest absolute Gasteiger partial charge is 0.287 e. The van der Waals surface area contributed by atoms with Crippen LogP contribution >= 0.6 is 0 Å². The maximum atomic E-state index is 14.5. The molecule has 1 N–H and O–H groups in total. The second kappa shape index (κ2) is 11.2. The molecule has 37 heavy (non-hydrogen) atoms. The molecule has 0 spiro atoms. The molecule has 3 heterocycles. The lowest BCUT2D eigenvalue weighted by Crippen LogP contribution is -2.32. The van der Waals surface area contributed by atoms with E-state index in [1.165, 1.54) is 12.3 Å². The molecule has 2 aromatic heterocycles. The Morgan fingerprint density at radius 3 is 2.46 bits per heavy atom. The maximum absolute atomic E-state index is 14.5. The van der Waals surface area contributed by atoms with Gasteiger partial charge >= 0.3 is 0 Å². The highest BCUT2D eigenvalue weighted by Gasteiger charge is 2.32. The first-order chi connectivity index (χ1) is 17.8. The molecule has 0 saturated heterocycles. The van der Waals surface area contributed by atoms with Crippen molar-refractivity contribution in [2.45, 2.75) is 32.7 Å². The number of hydrogen-bond donors (Lipinski definition) is 1. The third kappa shape index (κ3) is 6.27. The molecule has 3 aromatic rings.